The number of fused-ring (bicyclic) bond motifs is 1. The fraction of sp³-hybridized carbons (Fsp3) is 0.300. The number of halogens is 1. The van der Waals surface area contributed by atoms with E-state index in [1.54, 1.807) is 19.3 Å². The summed E-state index contributed by atoms with van der Waals surface area (Å²) in [5.41, 5.74) is 0.531. The van der Waals surface area contributed by atoms with E-state index in [0.29, 0.717) is 16.0 Å². The normalized spacial score (nSPS) is 11.2. The highest BCUT2D eigenvalue weighted by molar-refractivity contribution is 8.00. The number of rotatable bonds is 5. The number of benzene rings is 1. The van der Waals surface area contributed by atoms with Gasteiger partial charge in [-0.1, -0.05) is 19.9 Å². The number of pyridine rings is 1. The first-order valence-electron chi connectivity index (χ1n) is 8.97. The molecule has 3 rings (SSSR count). The molecule has 0 fully saturated rings. The van der Waals surface area contributed by atoms with Gasteiger partial charge in [-0.3, -0.25) is 18.7 Å². The lowest BCUT2D eigenvalue weighted by Gasteiger charge is -2.16. The molecule has 152 valence electrons. The van der Waals surface area contributed by atoms with Gasteiger partial charge >= 0.3 is 5.69 Å². The average Bonchev–Trinajstić information content (AvgIpc) is 2.68. The molecule has 0 aliphatic heterocycles. The van der Waals surface area contributed by atoms with Crippen LogP contribution in [0.5, 0.6) is 0 Å². The van der Waals surface area contributed by atoms with Crippen LogP contribution in [0.2, 0.25) is 0 Å². The Morgan fingerprint density at radius 1 is 1.24 bits per heavy atom. The van der Waals surface area contributed by atoms with Gasteiger partial charge in [-0.2, -0.15) is 0 Å². The van der Waals surface area contributed by atoms with E-state index in [0.717, 1.165) is 10.1 Å². The van der Waals surface area contributed by atoms with Crippen LogP contribution in [0, 0.1) is 5.82 Å². The fourth-order valence-corrected chi connectivity index (χ4v) is 4.11. The minimum atomic E-state index is -0.466. The van der Waals surface area contributed by atoms with Crippen LogP contribution in [0.25, 0.3) is 11.0 Å². The Bertz CT molecular complexity index is 1220. The van der Waals surface area contributed by atoms with E-state index in [1.165, 1.54) is 41.6 Å². The minimum Gasteiger partial charge on any atom is -0.325 e. The number of nitrogens with zero attached hydrogens (tertiary/aromatic N) is 3. The lowest BCUT2D eigenvalue weighted by atomic mass is 10.0. The number of hydrogen-bond acceptors (Lipinski definition) is 5. The predicted molar refractivity (Wildman–Crippen MR) is 112 cm³/mol. The molecular formula is C20H21FN4O3S. The van der Waals surface area contributed by atoms with Crippen molar-refractivity contribution < 1.29 is 9.18 Å². The molecule has 3 aromatic rings. The van der Waals surface area contributed by atoms with Gasteiger partial charge in [0.1, 0.15) is 11.5 Å². The van der Waals surface area contributed by atoms with Gasteiger partial charge in [0.2, 0.25) is 5.91 Å². The molecule has 0 saturated carbocycles. The van der Waals surface area contributed by atoms with Crippen molar-refractivity contribution >= 4 is 34.4 Å². The summed E-state index contributed by atoms with van der Waals surface area (Å²) in [6.07, 6.45) is 1.64. The van der Waals surface area contributed by atoms with Crippen molar-refractivity contribution in [3.8, 4) is 0 Å². The Labute approximate surface area is 170 Å². The van der Waals surface area contributed by atoms with Crippen molar-refractivity contribution in [2.45, 2.75) is 24.7 Å². The summed E-state index contributed by atoms with van der Waals surface area (Å²) < 4.78 is 15.7. The maximum atomic E-state index is 13.3. The maximum absolute atomic E-state index is 13.3. The van der Waals surface area contributed by atoms with Gasteiger partial charge in [0.05, 0.1) is 11.1 Å². The molecule has 9 heteroatoms. The molecule has 0 saturated heterocycles. The van der Waals surface area contributed by atoms with Crippen molar-refractivity contribution in [2.75, 3.05) is 11.1 Å². The smallest absolute Gasteiger partial charge is 0.325 e. The summed E-state index contributed by atoms with van der Waals surface area (Å²) in [5.74, 6) is -0.701. The summed E-state index contributed by atoms with van der Waals surface area (Å²) in [4.78, 5) is 42.4. The number of thioether (sulfide) groups is 1. The predicted octanol–water partition coefficient (Wildman–Crippen LogP) is 2.63. The number of nitrogens with one attached hydrogen (secondary N) is 1. The topological polar surface area (TPSA) is 86.0 Å². The fourth-order valence-electron chi connectivity index (χ4n) is 2.98. The second kappa shape index (κ2) is 8.20. The van der Waals surface area contributed by atoms with E-state index in [-0.39, 0.29) is 23.2 Å². The quantitative estimate of drug-likeness (QED) is 0.646. The zero-order chi connectivity index (χ0) is 21.3. The SMILES string of the molecule is CC(C)c1cnc2c(c1SCC(=O)Nc1cccc(F)c1)c(=O)n(C)c(=O)n2C. The molecule has 1 amide bonds. The summed E-state index contributed by atoms with van der Waals surface area (Å²) in [7, 11) is 2.97. The van der Waals surface area contributed by atoms with Crippen LogP contribution >= 0.6 is 11.8 Å². The molecule has 1 aromatic carbocycles. The van der Waals surface area contributed by atoms with Crippen LogP contribution in [0.15, 0.2) is 44.9 Å². The number of carbonyl (C=O) groups is 1. The molecule has 1 N–H and O–H groups in total. The lowest BCUT2D eigenvalue weighted by Crippen LogP contribution is -2.37. The van der Waals surface area contributed by atoms with Crippen molar-refractivity contribution in [3.05, 3.63) is 62.7 Å². The number of carbonyl (C=O) groups excluding carboxylic acids is 1. The molecule has 0 aliphatic rings. The van der Waals surface area contributed by atoms with Crippen LogP contribution in [0.3, 0.4) is 0 Å². The average molecular weight is 416 g/mol. The molecule has 0 bridgehead atoms. The first-order valence-corrected chi connectivity index (χ1v) is 9.96. The molecule has 0 atom stereocenters. The molecule has 0 spiro atoms. The van der Waals surface area contributed by atoms with Crippen LogP contribution < -0.4 is 16.6 Å². The summed E-state index contributed by atoms with van der Waals surface area (Å²) in [6.45, 7) is 3.93. The zero-order valence-corrected chi connectivity index (χ0v) is 17.3. The van der Waals surface area contributed by atoms with E-state index < -0.39 is 17.1 Å². The van der Waals surface area contributed by atoms with Gasteiger partial charge in [-0.05, 0) is 29.7 Å². The van der Waals surface area contributed by atoms with Crippen LogP contribution in [-0.2, 0) is 18.9 Å². The standard InChI is InChI=1S/C20H21FN4O3S/c1-11(2)14-9-22-18-16(19(27)25(4)20(28)24(18)3)17(14)29-10-15(26)23-13-7-5-6-12(21)8-13/h5-9,11H,10H2,1-4H3,(H,23,26). The van der Waals surface area contributed by atoms with E-state index >= 15 is 0 Å². The highest BCUT2D eigenvalue weighted by Gasteiger charge is 2.20. The van der Waals surface area contributed by atoms with E-state index in [9.17, 15) is 18.8 Å². The second-order valence-electron chi connectivity index (χ2n) is 6.95. The Balaban J connectivity index is 2.01. The Morgan fingerprint density at radius 3 is 2.62 bits per heavy atom. The number of amides is 1. The van der Waals surface area contributed by atoms with Crippen molar-refractivity contribution in [1.29, 1.82) is 0 Å². The zero-order valence-electron chi connectivity index (χ0n) is 16.5. The van der Waals surface area contributed by atoms with Crippen LogP contribution in [0.4, 0.5) is 10.1 Å². The maximum Gasteiger partial charge on any atom is 0.332 e. The second-order valence-corrected chi connectivity index (χ2v) is 7.93. The van der Waals surface area contributed by atoms with Crippen molar-refractivity contribution in [1.82, 2.24) is 14.1 Å². The van der Waals surface area contributed by atoms with Gasteiger partial charge in [0.15, 0.2) is 0 Å². The molecule has 7 nitrogen and oxygen atoms in total. The van der Waals surface area contributed by atoms with E-state index in [2.05, 4.69) is 10.3 Å². The van der Waals surface area contributed by atoms with Crippen molar-refractivity contribution in [2.24, 2.45) is 14.1 Å². The Morgan fingerprint density at radius 2 is 1.97 bits per heavy atom. The molecule has 2 aromatic heterocycles. The summed E-state index contributed by atoms with van der Waals surface area (Å²) in [6, 6.07) is 5.63. The first kappa shape index (κ1) is 20.8. The third kappa shape index (κ3) is 4.09. The van der Waals surface area contributed by atoms with Gasteiger partial charge in [0.25, 0.3) is 5.56 Å². The number of aromatic nitrogens is 3. The highest BCUT2D eigenvalue weighted by atomic mass is 32.2. The van der Waals surface area contributed by atoms with E-state index in [4.69, 9.17) is 0 Å². The molecule has 0 radical (unpaired) electrons. The molecule has 2 heterocycles. The first-order chi connectivity index (χ1) is 13.7. The molecule has 0 aliphatic carbocycles. The van der Waals surface area contributed by atoms with Gasteiger partial charge < -0.3 is 5.32 Å². The molecule has 0 unspecified atom stereocenters. The number of hydrogen-bond donors (Lipinski definition) is 1. The molecule has 29 heavy (non-hydrogen) atoms. The summed E-state index contributed by atoms with van der Waals surface area (Å²) >= 11 is 1.20. The third-order valence-corrected chi connectivity index (χ3v) is 5.66. The minimum absolute atomic E-state index is 0.0152. The Kier molecular flexibility index (Phi) is 5.88. The molecular weight excluding hydrogens is 395 g/mol. The lowest BCUT2D eigenvalue weighted by molar-refractivity contribution is -0.113. The highest BCUT2D eigenvalue weighted by Crippen LogP contribution is 2.32. The third-order valence-electron chi connectivity index (χ3n) is 4.53. The van der Waals surface area contributed by atoms with Crippen LogP contribution in [-0.4, -0.2) is 25.8 Å². The number of anilines is 1. The van der Waals surface area contributed by atoms with Gasteiger partial charge in [-0.25, -0.2) is 14.2 Å². The largest absolute Gasteiger partial charge is 0.332 e. The van der Waals surface area contributed by atoms with Gasteiger partial charge in [-0.15, -0.1) is 11.8 Å². The summed E-state index contributed by atoms with van der Waals surface area (Å²) in [5, 5.41) is 2.95. The van der Waals surface area contributed by atoms with E-state index in [1.807, 2.05) is 13.8 Å². The van der Waals surface area contributed by atoms with Gasteiger partial charge in [0, 0.05) is 30.9 Å². The van der Waals surface area contributed by atoms with Crippen LogP contribution in [0.1, 0.15) is 25.3 Å². The van der Waals surface area contributed by atoms with Crippen molar-refractivity contribution in [3.63, 3.8) is 0 Å². The monoisotopic (exact) mass is 416 g/mol. The number of aryl methyl sites for hydroxylation is 1. The Hall–Kier alpha value is -2.94.